The molecule has 0 amide bonds. The Morgan fingerprint density at radius 2 is 2.24 bits per heavy atom. The largest absolute Gasteiger partial charge is 0.393 e. The van der Waals surface area contributed by atoms with Gasteiger partial charge in [0, 0.05) is 20.1 Å². The summed E-state index contributed by atoms with van der Waals surface area (Å²) in [4.78, 5) is 6.51. The van der Waals surface area contributed by atoms with Gasteiger partial charge in [-0.25, -0.2) is 4.98 Å². The van der Waals surface area contributed by atoms with Crippen LogP contribution in [0.1, 0.15) is 19.0 Å². The summed E-state index contributed by atoms with van der Waals surface area (Å²) in [7, 11) is 3.82. The minimum absolute atomic E-state index is 0.274. The second-order valence-electron chi connectivity index (χ2n) is 4.25. The lowest BCUT2D eigenvalue weighted by molar-refractivity contribution is 0.162. The third kappa shape index (κ3) is 4.89. The van der Waals surface area contributed by atoms with Gasteiger partial charge in [-0.2, -0.15) is 0 Å². The molecule has 0 fully saturated rings. The van der Waals surface area contributed by atoms with E-state index in [9.17, 15) is 5.11 Å². The van der Waals surface area contributed by atoms with Crippen LogP contribution in [0.3, 0.4) is 0 Å². The first-order chi connectivity index (χ1) is 8.02. The molecule has 0 radical (unpaired) electrons. The lowest BCUT2D eigenvalue weighted by Crippen LogP contribution is -2.22. The zero-order chi connectivity index (χ0) is 12.8. The number of pyridine rings is 1. The molecule has 0 bridgehead atoms. The smallest absolute Gasteiger partial charge is 0.126 e. The summed E-state index contributed by atoms with van der Waals surface area (Å²) in [6.45, 7) is 3.29. The highest BCUT2D eigenvalue weighted by Crippen LogP contribution is 2.17. The van der Waals surface area contributed by atoms with Crippen molar-refractivity contribution in [2.75, 3.05) is 26.0 Å². The highest BCUT2D eigenvalue weighted by atomic mass is 35.5. The van der Waals surface area contributed by atoms with E-state index >= 15 is 0 Å². The number of aliphatic hydroxyl groups excluding tert-OH is 1. The highest BCUT2D eigenvalue weighted by Gasteiger charge is 2.08. The van der Waals surface area contributed by atoms with Crippen molar-refractivity contribution in [1.82, 2.24) is 9.88 Å². The predicted octanol–water partition coefficient (Wildman–Crippen LogP) is 1.98. The summed E-state index contributed by atoms with van der Waals surface area (Å²) in [5, 5.41) is 12.9. The summed E-state index contributed by atoms with van der Waals surface area (Å²) in [6, 6.07) is 3.69. The van der Waals surface area contributed by atoms with Gasteiger partial charge in [0.2, 0.25) is 0 Å². The second-order valence-corrected chi connectivity index (χ2v) is 4.66. The number of nitrogens with one attached hydrogen (secondary N) is 1. The first-order valence-corrected chi connectivity index (χ1v) is 6.10. The molecule has 5 heteroatoms. The number of aromatic nitrogens is 1. The summed E-state index contributed by atoms with van der Waals surface area (Å²) in [6.07, 6.45) is 0.476. The maximum atomic E-state index is 9.23. The van der Waals surface area contributed by atoms with E-state index in [-0.39, 0.29) is 6.10 Å². The maximum absolute atomic E-state index is 9.23. The molecule has 4 nitrogen and oxygen atoms in total. The molecular formula is C12H20ClN3O. The Labute approximate surface area is 108 Å². The van der Waals surface area contributed by atoms with Crippen molar-refractivity contribution in [2.45, 2.75) is 26.0 Å². The van der Waals surface area contributed by atoms with Crippen LogP contribution in [0.25, 0.3) is 0 Å². The maximum Gasteiger partial charge on any atom is 0.126 e. The van der Waals surface area contributed by atoms with Crippen molar-refractivity contribution in [3.05, 3.63) is 22.8 Å². The SMILES string of the molecule is CNc1ccc(Cl)c(CN(C)CCC(C)O)n1. The van der Waals surface area contributed by atoms with Crippen molar-refractivity contribution in [2.24, 2.45) is 0 Å². The second kappa shape index (κ2) is 6.79. The van der Waals surface area contributed by atoms with Gasteiger partial charge >= 0.3 is 0 Å². The van der Waals surface area contributed by atoms with Gasteiger partial charge in [-0.3, -0.25) is 0 Å². The summed E-state index contributed by atoms with van der Waals surface area (Å²) in [5.74, 6) is 0.813. The third-order valence-corrected chi connectivity index (χ3v) is 2.87. The van der Waals surface area contributed by atoms with E-state index in [1.54, 1.807) is 6.92 Å². The normalized spacial score (nSPS) is 12.8. The first kappa shape index (κ1) is 14.2. The Hall–Kier alpha value is -0.840. The number of rotatable bonds is 6. The fourth-order valence-corrected chi connectivity index (χ4v) is 1.64. The Morgan fingerprint density at radius 1 is 1.53 bits per heavy atom. The molecule has 17 heavy (non-hydrogen) atoms. The van der Waals surface area contributed by atoms with Crippen LogP contribution in [-0.4, -0.2) is 41.7 Å². The van der Waals surface area contributed by atoms with E-state index in [2.05, 4.69) is 15.2 Å². The van der Waals surface area contributed by atoms with E-state index in [4.69, 9.17) is 11.6 Å². The van der Waals surface area contributed by atoms with Crippen LogP contribution in [0.5, 0.6) is 0 Å². The van der Waals surface area contributed by atoms with Crippen molar-refractivity contribution in [3.63, 3.8) is 0 Å². The zero-order valence-corrected chi connectivity index (χ0v) is 11.3. The van der Waals surface area contributed by atoms with Crippen LogP contribution < -0.4 is 5.32 Å². The summed E-state index contributed by atoms with van der Waals surface area (Å²) < 4.78 is 0. The quantitative estimate of drug-likeness (QED) is 0.818. The minimum atomic E-state index is -0.274. The van der Waals surface area contributed by atoms with E-state index in [1.807, 2.05) is 26.2 Å². The van der Waals surface area contributed by atoms with Crippen LogP contribution in [-0.2, 0) is 6.54 Å². The van der Waals surface area contributed by atoms with Gasteiger partial charge < -0.3 is 15.3 Å². The van der Waals surface area contributed by atoms with Crippen LogP contribution in [0.2, 0.25) is 5.02 Å². The minimum Gasteiger partial charge on any atom is -0.393 e. The molecule has 1 aromatic heterocycles. The van der Waals surface area contributed by atoms with Crippen molar-refractivity contribution >= 4 is 17.4 Å². The van der Waals surface area contributed by atoms with Gasteiger partial charge in [0.15, 0.2) is 0 Å². The van der Waals surface area contributed by atoms with E-state index < -0.39 is 0 Å². The molecule has 0 aliphatic rings. The highest BCUT2D eigenvalue weighted by molar-refractivity contribution is 6.31. The molecule has 0 aromatic carbocycles. The molecule has 1 unspecified atom stereocenters. The molecule has 2 N–H and O–H groups in total. The fourth-order valence-electron chi connectivity index (χ4n) is 1.48. The Kier molecular flexibility index (Phi) is 5.68. The van der Waals surface area contributed by atoms with Gasteiger partial charge in [0.05, 0.1) is 16.8 Å². The van der Waals surface area contributed by atoms with Crippen LogP contribution in [0.15, 0.2) is 12.1 Å². The first-order valence-electron chi connectivity index (χ1n) is 5.72. The van der Waals surface area contributed by atoms with Crippen molar-refractivity contribution < 1.29 is 5.11 Å². The molecular weight excluding hydrogens is 238 g/mol. The average molecular weight is 258 g/mol. The molecule has 0 saturated carbocycles. The number of halogens is 1. The Morgan fingerprint density at radius 3 is 2.82 bits per heavy atom. The average Bonchev–Trinajstić information content (AvgIpc) is 2.29. The number of hydrogen-bond acceptors (Lipinski definition) is 4. The molecule has 0 aliphatic heterocycles. The molecule has 1 atom stereocenters. The number of nitrogens with zero attached hydrogens (tertiary/aromatic N) is 2. The zero-order valence-electron chi connectivity index (χ0n) is 10.6. The van der Waals surface area contributed by atoms with Crippen molar-refractivity contribution in [1.29, 1.82) is 0 Å². The number of aliphatic hydroxyl groups is 1. The molecule has 0 aliphatic carbocycles. The van der Waals surface area contributed by atoms with E-state index in [0.29, 0.717) is 11.6 Å². The fraction of sp³-hybridized carbons (Fsp3) is 0.583. The van der Waals surface area contributed by atoms with Gasteiger partial charge in [0.1, 0.15) is 5.82 Å². The third-order valence-electron chi connectivity index (χ3n) is 2.52. The van der Waals surface area contributed by atoms with Gasteiger partial charge in [-0.15, -0.1) is 0 Å². The molecule has 96 valence electrons. The van der Waals surface area contributed by atoms with E-state index in [1.165, 1.54) is 0 Å². The van der Waals surface area contributed by atoms with Crippen LogP contribution in [0, 0.1) is 0 Å². The summed E-state index contributed by atoms with van der Waals surface area (Å²) in [5.41, 5.74) is 0.853. The number of hydrogen-bond donors (Lipinski definition) is 2. The molecule has 0 saturated heterocycles. The lowest BCUT2D eigenvalue weighted by atomic mass is 10.2. The lowest BCUT2D eigenvalue weighted by Gasteiger charge is -2.18. The number of anilines is 1. The topological polar surface area (TPSA) is 48.4 Å². The van der Waals surface area contributed by atoms with Gasteiger partial charge in [-0.05, 0) is 32.5 Å². The standard InChI is InChI=1S/C12H20ClN3O/c1-9(17)6-7-16(3)8-11-10(13)4-5-12(14-2)15-11/h4-5,9,17H,6-8H2,1-3H3,(H,14,15). The summed E-state index contributed by atoms with van der Waals surface area (Å²) >= 11 is 6.09. The Bertz CT molecular complexity index is 358. The van der Waals surface area contributed by atoms with E-state index in [0.717, 1.165) is 24.5 Å². The Balaban J connectivity index is 2.60. The van der Waals surface area contributed by atoms with Crippen LogP contribution >= 0.6 is 11.6 Å². The van der Waals surface area contributed by atoms with Crippen LogP contribution in [0.4, 0.5) is 5.82 Å². The molecule has 1 heterocycles. The molecule has 1 aromatic rings. The van der Waals surface area contributed by atoms with Gasteiger partial charge in [-0.1, -0.05) is 11.6 Å². The van der Waals surface area contributed by atoms with Gasteiger partial charge in [0.25, 0.3) is 0 Å². The molecule has 1 rings (SSSR count). The monoisotopic (exact) mass is 257 g/mol. The molecule has 0 spiro atoms. The predicted molar refractivity (Wildman–Crippen MR) is 71.4 cm³/mol. The van der Waals surface area contributed by atoms with Crippen molar-refractivity contribution in [3.8, 4) is 0 Å².